The largest absolute Gasteiger partial charge is 0.456 e. The van der Waals surface area contributed by atoms with Crippen LogP contribution >= 0.6 is 0 Å². The first-order chi connectivity index (χ1) is 13.6. The summed E-state index contributed by atoms with van der Waals surface area (Å²) in [6.45, 7) is 2.99. The van der Waals surface area contributed by atoms with Crippen LogP contribution in [0.3, 0.4) is 0 Å². The summed E-state index contributed by atoms with van der Waals surface area (Å²) in [5.41, 5.74) is 1.28. The van der Waals surface area contributed by atoms with Crippen molar-refractivity contribution in [1.82, 2.24) is 0 Å². The molecule has 0 saturated heterocycles. The van der Waals surface area contributed by atoms with E-state index in [1.165, 1.54) is 6.07 Å². The van der Waals surface area contributed by atoms with E-state index in [4.69, 9.17) is 4.74 Å². The highest BCUT2D eigenvalue weighted by Gasteiger charge is 2.30. The number of hydrogen-bond acceptors (Lipinski definition) is 4. The molecule has 1 N–H and O–H groups in total. The Morgan fingerprint density at radius 3 is 2.41 bits per heavy atom. The quantitative estimate of drug-likeness (QED) is 0.543. The third-order valence-electron chi connectivity index (χ3n) is 4.09. The number of carbonyl (C=O) groups is 3. The summed E-state index contributed by atoms with van der Waals surface area (Å²) in [6, 6.07) is 9.54. The maximum atomic E-state index is 12.7. The zero-order valence-electron chi connectivity index (χ0n) is 15.9. The van der Waals surface area contributed by atoms with E-state index in [-0.39, 0.29) is 24.3 Å². The summed E-state index contributed by atoms with van der Waals surface area (Å²) >= 11 is 0. The lowest BCUT2D eigenvalue weighted by Crippen LogP contribution is -2.21. The van der Waals surface area contributed by atoms with E-state index in [2.05, 4.69) is 5.32 Å². The Balaban J connectivity index is 1.81. The van der Waals surface area contributed by atoms with Crippen molar-refractivity contribution in [3.05, 3.63) is 64.7 Å². The van der Waals surface area contributed by atoms with E-state index in [1.807, 2.05) is 19.1 Å². The minimum Gasteiger partial charge on any atom is -0.456 e. The SMILES string of the molecule is Cc1ccc(C)c(C(=O)CCC(=O)OCC(=O)Nc2cccc(C(F)(F)F)c2)c1. The topological polar surface area (TPSA) is 72.5 Å². The molecule has 0 radical (unpaired) electrons. The molecule has 0 spiro atoms. The van der Waals surface area contributed by atoms with Gasteiger partial charge in [-0.3, -0.25) is 14.4 Å². The first-order valence-corrected chi connectivity index (χ1v) is 8.79. The summed E-state index contributed by atoms with van der Waals surface area (Å²) in [7, 11) is 0. The lowest BCUT2D eigenvalue weighted by atomic mass is 9.99. The Bertz CT molecular complexity index is 922. The number of hydrogen-bond donors (Lipinski definition) is 1. The molecule has 0 heterocycles. The van der Waals surface area contributed by atoms with Gasteiger partial charge in [0, 0.05) is 17.7 Å². The van der Waals surface area contributed by atoms with Crippen LogP contribution in [-0.4, -0.2) is 24.3 Å². The minimum atomic E-state index is -4.53. The van der Waals surface area contributed by atoms with Gasteiger partial charge in [-0.15, -0.1) is 0 Å². The Morgan fingerprint density at radius 2 is 1.72 bits per heavy atom. The number of ketones is 1. The van der Waals surface area contributed by atoms with Crippen molar-refractivity contribution in [3.8, 4) is 0 Å². The Kier molecular flexibility index (Phi) is 7.14. The highest BCUT2D eigenvalue weighted by atomic mass is 19.4. The number of alkyl halides is 3. The standard InChI is InChI=1S/C21H20F3NO4/c1-13-6-7-14(2)17(10-13)18(26)8-9-20(28)29-12-19(27)25-16-5-3-4-15(11-16)21(22,23)24/h3-7,10-11H,8-9,12H2,1-2H3,(H,25,27). The van der Waals surface area contributed by atoms with Gasteiger partial charge in [0.25, 0.3) is 5.91 Å². The number of carbonyl (C=O) groups excluding carboxylic acids is 3. The Morgan fingerprint density at radius 1 is 1.00 bits per heavy atom. The monoisotopic (exact) mass is 407 g/mol. The molecule has 0 unspecified atom stereocenters. The van der Waals surface area contributed by atoms with Gasteiger partial charge >= 0.3 is 12.1 Å². The number of esters is 1. The van der Waals surface area contributed by atoms with E-state index in [1.54, 1.807) is 13.0 Å². The number of amides is 1. The molecule has 0 fully saturated rings. The molecule has 0 aliphatic carbocycles. The van der Waals surface area contributed by atoms with Crippen LogP contribution in [0.4, 0.5) is 18.9 Å². The van der Waals surface area contributed by atoms with Crippen molar-refractivity contribution >= 4 is 23.3 Å². The average molecular weight is 407 g/mol. The third-order valence-corrected chi connectivity index (χ3v) is 4.09. The van der Waals surface area contributed by atoms with Gasteiger partial charge < -0.3 is 10.1 Å². The molecule has 29 heavy (non-hydrogen) atoms. The molecular weight excluding hydrogens is 387 g/mol. The lowest BCUT2D eigenvalue weighted by molar-refractivity contribution is -0.147. The van der Waals surface area contributed by atoms with Gasteiger partial charge in [-0.25, -0.2) is 0 Å². The highest BCUT2D eigenvalue weighted by Crippen LogP contribution is 2.30. The van der Waals surface area contributed by atoms with E-state index >= 15 is 0 Å². The van der Waals surface area contributed by atoms with Gasteiger partial charge in [-0.1, -0.05) is 23.8 Å². The second kappa shape index (κ2) is 9.36. The van der Waals surface area contributed by atoms with E-state index in [0.717, 1.165) is 29.3 Å². The second-order valence-corrected chi connectivity index (χ2v) is 6.53. The summed E-state index contributed by atoms with van der Waals surface area (Å²) in [6.07, 6.45) is -4.81. The molecule has 0 bridgehead atoms. The normalized spacial score (nSPS) is 11.1. The van der Waals surface area contributed by atoms with Crippen molar-refractivity contribution < 1.29 is 32.3 Å². The van der Waals surface area contributed by atoms with E-state index in [0.29, 0.717) is 5.56 Å². The zero-order chi connectivity index (χ0) is 21.6. The molecule has 0 aromatic heterocycles. The van der Waals surface area contributed by atoms with Crippen molar-refractivity contribution in [2.45, 2.75) is 32.9 Å². The van der Waals surface area contributed by atoms with E-state index in [9.17, 15) is 27.6 Å². The predicted octanol–water partition coefficient (Wildman–Crippen LogP) is 4.47. The van der Waals surface area contributed by atoms with Crippen molar-refractivity contribution in [2.24, 2.45) is 0 Å². The number of nitrogens with one attached hydrogen (secondary N) is 1. The van der Waals surface area contributed by atoms with Crippen LogP contribution in [0.5, 0.6) is 0 Å². The number of aryl methyl sites for hydroxylation is 2. The van der Waals surface area contributed by atoms with Gasteiger partial charge in [-0.2, -0.15) is 13.2 Å². The van der Waals surface area contributed by atoms with Gasteiger partial charge in [0.1, 0.15) is 0 Å². The molecule has 2 aromatic rings. The molecule has 2 rings (SSSR count). The van der Waals surface area contributed by atoms with Crippen LogP contribution in [0.1, 0.15) is 39.9 Å². The summed E-state index contributed by atoms with van der Waals surface area (Å²) in [4.78, 5) is 35.8. The number of benzene rings is 2. The van der Waals surface area contributed by atoms with Crippen LogP contribution in [0, 0.1) is 13.8 Å². The van der Waals surface area contributed by atoms with Gasteiger partial charge in [0.2, 0.25) is 0 Å². The summed E-state index contributed by atoms with van der Waals surface area (Å²) < 4.78 is 42.8. The fourth-order valence-electron chi connectivity index (χ4n) is 2.58. The Hall–Kier alpha value is -3.16. The molecule has 154 valence electrons. The van der Waals surface area contributed by atoms with E-state index < -0.39 is 30.2 Å². The highest BCUT2D eigenvalue weighted by molar-refractivity contribution is 5.99. The molecule has 5 nitrogen and oxygen atoms in total. The fourth-order valence-corrected chi connectivity index (χ4v) is 2.58. The molecule has 0 aliphatic rings. The van der Waals surface area contributed by atoms with Crippen LogP contribution in [-0.2, 0) is 20.5 Å². The first kappa shape index (κ1) is 22.1. The smallest absolute Gasteiger partial charge is 0.416 e. The van der Waals surface area contributed by atoms with Crippen LogP contribution in [0.25, 0.3) is 0 Å². The van der Waals surface area contributed by atoms with Crippen molar-refractivity contribution in [3.63, 3.8) is 0 Å². The van der Waals surface area contributed by atoms with Crippen LogP contribution in [0.2, 0.25) is 0 Å². The average Bonchev–Trinajstić information content (AvgIpc) is 2.66. The number of Topliss-reactive ketones (excluding diaryl/α,β-unsaturated/α-hetero) is 1. The fraction of sp³-hybridized carbons (Fsp3) is 0.286. The number of rotatable bonds is 7. The molecule has 0 saturated carbocycles. The first-order valence-electron chi connectivity index (χ1n) is 8.79. The maximum Gasteiger partial charge on any atom is 0.416 e. The van der Waals surface area contributed by atoms with Crippen molar-refractivity contribution in [2.75, 3.05) is 11.9 Å². The van der Waals surface area contributed by atoms with Crippen LogP contribution in [0.15, 0.2) is 42.5 Å². The van der Waals surface area contributed by atoms with Crippen molar-refractivity contribution in [1.29, 1.82) is 0 Å². The molecule has 0 aliphatic heterocycles. The second-order valence-electron chi connectivity index (χ2n) is 6.53. The summed E-state index contributed by atoms with van der Waals surface area (Å²) in [5, 5.41) is 2.23. The minimum absolute atomic E-state index is 0.0639. The number of halogens is 3. The van der Waals surface area contributed by atoms with Crippen LogP contribution < -0.4 is 5.32 Å². The third kappa shape index (κ3) is 6.74. The molecule has 2 aromatic carbocycles. The molecule has 1 amide bonds. The van der Waals surface area contributed by atoms with Gasteiger partial charge in [-0.05, 0) is 43.7 Å². The van der Waals surface area contributed by atoms with Gasteiger partial charge in [0.05, 0.1) is 12.0 Å². The lowest BCUT2D eigenvalue weighted by Gasteiger charge is -2.10. The maximum absolute atomic E-state index is 12.7. The molecule has 8 heteroatoms. The predicted molar refractivity (Wildman–Crippen MR) is 101 cm³/mol. The molecular formula is C21H20F3NO4. The zero-order valence-corrected chi connectivity index (χ0v) is 15.9. The molecule has 0 atom stereocenters. The number of ether oxygens (including phenoxy) is 1. The summed E-state index contributed by atoms with van der Waals surface area (Å²) in [5.74, 6) is -1.74. The number of anilines is 1. The van der Waals surface area contributed by atoms with Gasteiger partial charge in [0.15, 0.2) is 12.4 Å². The Labute approximate surface area is 165 Å².